The first kappa shape index (κ1) is 67.9. The minimum Gasteiger partial charge on any atom is -0.461 e. The van der Waals surface area contributed by atoms with Crippen LogP contribution in [-0.2, 0) is 54.5 Å². The van der Waals surface area contributed by atoms with Crippen molar-refractivity contribution in [2.45, 2.75) is 212 Å². The van der Waals surface area contributed by atoms with Gasteiger partial charge in [0.05, 0.1) is 34.8 Å². The number of ether oxygens (including phenoxy) is 4. The number of carbonyl (C=O) groups is 2. The van der Waals surface area contributed by atoms with E-state index in [1.807, 2.05) is 89.2 Å². The number of piperidine rings is 2. The Hall–Kier alpha value is -6.46. The van der Waals surface area contributed by atoms with Crippen molar-refractivity contribution in [2.75, 3.05) is 58.9 Å². The lowest BCUT2D eigenvalue weighted by Crippen LogP contribution is -2.39. The Morgan fingerprint density at radius 3 is 1.34 bits per heavy atom. The Kier molecular flexibility index (Phi) is 20.7. The van der Waals surface area contributed by atoms with Gasteiger partial charge in [0.25, 0.3) is 0 Å². The summed E-state index contributed by atoms with van der Waals surface area (Å²) < 4.78 is 24.7. The van der Waals surface area contributed by atoms with E-state index < -0.39 is 23.4 Å². The Bertz CT molecular complexity index is 3340. The van der Waals surface area contributed by atoms with Crippen LogP contribution in [0.3, 0.4) is 0 Å². The Labute approximate surface area is 545 Å². The van der Waals surface area contributed by atoms with Crippen LogP contribution in [0.15, 0.2) is 60.9 Å². The standard InChI is InChI=1S/2C36H48ClN5O3/c1-22(2)44-33(43)32(45-35(5,6)7)30-24(4)39-23(3)29(31(30)41-18-14-36(8,9)15-19-41)26-10-11-27-21-42(17-13-25(27)20-26)28-12-16-38-34(37)40-28;1-22(2)44-33(43)32(45-35(5,6)7)30-24(4)39-23(3)29(31(30)41-18-14-36(8,9)15-19-41)26-10-11-27-21-42(17-13-25(27)20-26)34-38-16-12-28(37)40-34/h2*10-12,16,20,22,32H,13-15,17-19,21H2,1-9H3/t2*32-/m00/s1. The van der Waals surface area contributed by atoms with Gasteiger partial charge in [-0.1, -0.05) is 75.7 Å². The van der Waals surface area contributed by atoms with Crippen LogP contribution in [0.4, 0.5) is 23.1 Å². The van der Waals surface area contributed by atoms with E-state index in [4.69, 9.17) is 52.1 Å². The van der Waals surface area contributed by atoms with Gasteiger partial charge in [-0.3, -0.25) is 9.97 Å². The van der Waals surface area contributed by atoms with Gasteiger partial charge in [-0.05, 0) is 203 Å². The van der Waals surface area contributed by atoms with Crippen LogP contribution >= 0.6 is 23.2 Å². The number of benzene rings is 2. The second-order valence-corrected chi connectivity index (χ2v) is 29.7. The van der Waals surface area contributed by atoms with Crippen molar-refractivity contribution >= 4 is 58.3 Å². The molecule has 0 radical (unpaired) electrons. The molecule has 4 aromatic heterocycles. The number of fused-ring (bicyclic) bond motifs is 2. The van der Waals surface area contributed by atoms with Crippen LogP contribution in [-0.4, -0.2) is 105 Å². The Morgan fingerprint density at radius 1 is 0.511 bits per heavy atom. The zero-order valence-corrected chi connectivity index (χ0v) is 58.2. The number of carbonyl (C=O) groups excluding carboxylic acids is 2. The summed E-state index contributed by atoms with van der Waals surface area (Å²) in [6.07, 6.45) is 7.00. The molecule has 2 saturated heterocycles. The highest BCUT2D eigenvalue weighted by atomic mass is 35.5. The fraction of sp³-hybridized carbons (Fsp3) is 0.556. The molecule has 484 valence electrons. The van der Waals surface area contributed by atoms with E-state index in [-0.39, 0.29) is 40.3 Å². The van der Waals surface area contributed by atoms with E-state index >= 15 is 0 Å². The molecule has 8 heterocycles. The number of nitrogens with zero attached hydrogens (tertiary/aromatic N) is 10. The number of rotatable bonds is 14. The number of hydrogen-bond donors (Lipinski definition) is 0. The molecule has 0 amide bonds. The molecule has 2 fully saturated rings. The molecule has 10 rings (SSSR count). The second kappa shape index (κ2) is 27.4. The quantitative estimate of drug-likeness (QED) is 0.0575. The fourth-order valence-corrected chi connectivity index (χ4v) is 13.1. The van der Waals surface area contributed by atoms with Gasteiger partial charge in [0.1, 0.15) is 11.0 Å². The maximum absolute atomic E-state index is 13.8. The zero-order valence-electron chi connectivity index (χ0n) is 56.7. The molecule has 2 atom stereocenters. The van der Waals surface area contributed by atoms with E-state index in [2.05, 4.69) is 117 Å². The van der Waals surface area contributed by atoms with E-state index in [0.29, 0.717) is 17.6 Å². The van der Waals surface area contributed by atoms with Crippen LogP contribution in [0.25, 0.3) is 22.3 Å². The monoisotopic (exact) mass is 1270 g/mol. The minimum absolute atomic E-state index is 0.256. The van der Waals surface area contributed by atoms with Crippen molar-refractivity contribution in [3.63, 3.8) is 0 Å². The Balaban J connectivity index is 0.000000213. The molecular weight excluding hydrogens is 1170 g/mol. The predicted octanol–water partition coefficient (Wildman–Crippen LogP) is 15.6. The lowest BCUT2D eigenvalue weighted by Gasteiger charge is -2.41. The number of aromatic nitrogens is 6. The van der Waals surface area contributed by atoms with Gasteiger partial charge in [-0.25, -0.2) is 29.5 Å². The van der Waals surface area contributed by atoms with Gasteiger partial charge in [-0.15, -0.1) is 0 Å². The molecule has 18 heteroatoms. The van der Waals surface area contributed by atoms with Gasteiger partial charge < -0.3 is 38.5 Å². The van der Waals surface area contributed by atoms with Crippen LogP contribution in [0.2, 0.25) is 10.4 Å². The van der Waals surface area contributed by atoms with Crippen molar-refractivity contribution in [2.24, 2.45) is 10.8 Å². The highest BCUT2D eigenvalue weighted by Crippen LogP contribution is 2.48. The molecule has 0 unspecified atom stereocenters. The molecule has 0 aliphatic carbocycles. The van der Waals surface area contributed by atoms with E-state index in [1.165, 1.54) is 22.3 Å². The van der Waals surface area contributed by atoms with Gasteiger partial charge in [0.2, 0.25) is 11.2 Å². The molecule has 0 saturated carbocycles. The molecule has 4 aliphatic rings. The molecule has 16 nitrogen and oxygen atoms in total. The van der Waals surface area contributed by atoms with E-state index in [9.17, 15) is 9.59 Å². The van der Waals surface area contributed by atoms with Gasteiger partial charge >= 0.3 is 11.9 Å². The fourth-order valence-electron chi connectivity index (χ4n) is 12.8. The van der Waals surface area contributed by atoms with Gasteiger partial charge in [0.15, 0.2) is 12.2 Å². The third-order valence-corrected chi connectivity index (χ3v) is 17.9. The largest absolute Gasteiger partial charge is 0.461 e. The zero-order chi connectivity index (χ0) is 65.4. The number of aryl methyl sites for hydroxylation is 4. The summed E-state index contributed by atoms with van der Waals surface area (Å²) in [5, 5.41) is 0.699. The van der Waals surface area contributed by atoms with E-state index in [1.54, 1.807) is 18.5 Å². The normalized spacial score (nSPS) is 17.3. The summed E-state index contributed by atoms with van der Waals surface area (Å²) in [6, 6.07) is 17.0. The van der Waals surface area contributed by atoms with Crippen LogP contribution in [0.1, 0.15) is 191 Å². The smallest absolute Gasteiger partial charge is 0.340 e. The van der Waals surface area contributed by atoms with Crippen molar-refractivity contribution in [3.05, 3.63) is 128 Å². The number of anilines is 4. The Morgan fingerprint density at radius 2 is 0.933 bits per heavy atom. The molecule has 0 N–H and O–H groups in total. The average molecular weight is 1270 g/mol. The highest BCUT2D eigenvalue weighted by Gasteiger charge is 2.40. The maximum Gasteiger partial charge on any atom is 0.340 e. The maximum atomic E-state index is 13.8. The van der Waals surface area contributed by atoms with Crippen molar-refractivity contribution in [3.8, 4) is 22.3 Å². The van der Waals surface area contributed by atoms with Crippen LogP contribution < -0.4 is 19.6 Å². The molecule has 0 bridgehead atoms. The third-order valence-electron chi connectivity index (χ3n) is 17.5. The topological polar surface area (TPSA) is 161 Å². The summed E-state index contributed by atoms with van der Waals surface area (Å²) in [4.78, 5) is 64.4. The summed E-state index contributed by atoms with van der Waals surface area (Å²) in [5.74, 6) is 0.718. The van der Waals surface area contributed by atoms with Crippen molar-refractivity contribution in [1.82, 2.24) is 29.9 Å². The number of hydrogen-bond acceptors (Lipinski definition) is 16. The third kappa shape index (κ3) is 16.4. The van der Waals surface area contributed by atoms with Crippen LogP contribution in [0.5, 0.6) is 0 Å². The summed E-state index contributed by atoms with van der Waals surface area (Å²) in [7, 11) is 0. The second-order valence-electron chi connectivity index (χ2n) is 29.0. The lowest BCUT2D eigenvalue weighted by atomic mass is 9.81. The molecule has 90 heavy (non-hydrogen) atoms. The minimum atomic E-state index is -0.909. The first-order valence-corrected chi connectivity index (χ1v) is 33.0. The molecule has 0 spiro atoms. The lowest BCUT2D eigenvalue weighted by molar-refractivity contribution is -0.171. The molecule has 2 aromatic carbocycles. The summed E-state index contributed by atoms with van der Waals surface area (Å²) >= 11 is 12.3. The van der Waals surface area contributed by atoms with E-state index in [0.717, 1.165) is 158 Å². The van der Waals surface area contributed by atoms with Crippen molar-refractivity contribution < 1.29 is 28.5 Å². The highest BCUT2D eigenvalue weighted by molar-refractivity contribution is 6.29. The summed E-state index contributed by atoms with van der Waals surface area (Å²) in [6.45, 7) is 43.5. The number of pyridine rings is 2. The van der Waals surface area contributed by atoms with Gasteiger partial charge in [-0.2, -0.15) is 0 Å². The first-order valence-electron chi connectivity index (χ1n) is 32.2. The molecular formula is C72H96Cl2N10O6. The molecule has 4 aliphatic heterocycles. The number of halogens is 2. The van der Waals surface area contributed by atoms with Gasteiger partial charge in [0, 0.05) is 110 Å². The first-order chi connectivity index (χ1) is 42.2. The number of esters is 2. The summed E-state index contributed by atoms with van der Waals surface area (Å²) in [5.41, 5.74) is 15.9. The SMILES string of the molecule is Cc1nc(C)c([C@H](OC(C)(C)C)C(=O)OC(C)C)c(N2CCC(C)(C)CC2)c1-c1ccc2c(c1)CCN(c1ccnc(Cl)n1)C2.Cc1nc(C)c([C@H](OC(C)(C)C)C(=O)OC(C)C)c(N2CCC(C)(C)CC2)c1-c1ccc2c(c1)CCN(c1nccc(Cl)n1)C2. The van der Waals surface area contributed by atoms with Crippen molar-refractivity contribution in [1.29, 1.82) is 0 Å². The average Bonchev–Trinajstić information content (AvgIpc) is 0.895. The molecule has 6 aromatic rings. The predicted molar refractivity (Wildman–Crippen MR) is 362 cm³/mol. The van der Waals surface area contributed by atoms with Crippen LogP contribution in [0, 0.1) is 38.5 Å².